The van der Waals surface area contributed by atoms with E-state index in [9.17, 15) is 9.59 Å². The molecule has 1 saturated heterocycles. The number of carbonyl (C=O) groups is 2. The highest BCUT2D eigenvalue weighted by molar-refractivity contribution is 5.94. The molecule has 0 atom stereocenters. The summed E-state index contributed by atoms with van der Waals surface area (Å²) in [4.78, 5) is 26.6. The first-order valence-corrected chi connectivity index (χ1v) is 11.1. The Morgan fingerprint density at radius 2 is 1.97 bits per heavy atom. The van der Waals surface area contributed by atoms with Gasteiger partial charge in [0.2, 0.25) is 5.91 Å². The Morgan fingerprint density at radius 3 is 2.75 bits per heavy atom. The lowest BCUT2D eigenvalue weighted by molar-refractivity contribution is -0.116. The van der Waals surface area contributed by atoms with Crippen molar-refractivity contribution in [2.75, 3.05) is 29.9 Å². The molecule has 3 aromatic rings. The average molecular weight is 437 g/mol. The van der Waals surface area contributed by atoms with Gasteiger partial charge in [-0.25, -0.2) is 4.79 Å². The molecule has 0 saturated carbocycles. The van der Waals surface area contributed by atoms with Gasteiger partial charge >= 0.3 is 5.97 Å². The van der Waals surface area contributed by atoms with E-state index < -0.39 is 5.97 Å². The Kier molecular flexibility index (Phi) is 6.63. The average Bonchev–Trinajstić information content (AvgIpc) is 3.21. The number of fused-ring (bicyclic) bond motifs is 1. The third kappa shape index (κ3) is 5.04. The minimum Gasteiger partial charge on any atom is -0.462 e. The Bertz CT molecular complexity index is 1100. The summed E-state index contributed by atoms with van der Waals surface area (Å²) in [6, 6.07) is 10.6. The van der Waals surface area contributed by atoms with E-state index in [0.29, 0.717) is 35.8 Å². The number of ether oxygens (including phenoxy) is 1. The molecule has 1 aromatic carbocycles. The van der Waals surface area contributed by atoms with E-state index in [1.54, 1.807) is 35.7 Å². The van der Waals surface area contributed by atoms with E-state index in [2.05, 4.69) is 27.3 Å². The van der Waals surface area contributed by atoms with Crippen LogP contribution in [-0.4, -0.2) is 51.4 Å². The number of hydrogen-bond donors (Lipinski definition) is 1. The van der Waals surface area contributed by atoms with E-state index in [1.165, 1.54) is 0 Å². The smallest absolute Gasteiger partial charge is 0.338 e. The van der Waals surface area contributed by atoms with Crippen molar-refractivity contribution in [1.82, 2.24) is 19.8 Å². The van der Waals surface area contributed by atoms with Gasteiger partial charge in [-0.05, 0) is 56.0 Å². The number of nitrogens with one attached hydrogen (secondary N) is 1. The van der Waals surface area contributed by atoms with Crippen LogP contribution in [-0.2, 0) is 16.0 Å². The molecule has 0 spiro atoms. The summed E-state index contributed by atoms with van der Waals surface area (Å²) < 4.78 is 6.73. The fourth-order valence-electron chi connectivity index (χ4n) is 3.77. The maximum absolute atomic E-state index is 12.5. The fraction of sp³-hybridized carbons (Fsp3) is 0.435. The summed E-state index contributed by atoms with van der Waals surface area (Å²) >= 11 is 0. The minimum atomic E-state index is -0.413. The van der Waals surface area contributed by atoms with Crippen LogP contribution in [0.4, 0.5) is 11.5 Å². The van der Waals surface area contributed by atoms with Gasteiger partial charge in [0.25, 0.3) is 0 Å². The molecule has 0 aliphatic carbocycles. The van der Waals surface area contributed by atoms with Crippen LogP contribution in [0.5, 0.6) is 0 Å². The topological polar surface area (TPSA) is 102 Å². The number of aryl methyl sites for hydroxylation is 1. The second kappa shape index (κ2) is 9.76. The van der Waals surface area contributed by atoms with Crippen LogP contribution in [0.1, 0.15) is 49.3 Å². The van der Waals surface area contributed by atoms with E-state index >= 15 is 0 Å². The van der Waals surface area contributed by atoms with Crippen LogP contribution in [0.25, 0.3) is 5.65 Å². The van der Waals surface area contributed by atoms with Gasteiger partial charge in [0.05, 0.1) is 12.2 Å². The van der Waals surface area contributed by atoms with Crippen molar-refractivity contribution in [2.45, 2.75) is 39.5 Å². The van der Waals surface area contributed by atoms with Crippen LogP contribution in [0.3, 0.4) is 0 Å². The maximum Gasteiger partial charge on any atom is 0.338 e. The lowest BCUT2D eigenvalue weighted by Gasteiger charge is -2.30. The SMILES string of the molecule is CCOC(=O)c1cccc(NC(=O)CCc2nnc3ccc(N4CCC(C)CC4)nn23)c1. The Balaban J connectivity index is 1.39. The third-order valence-electron chi connectivity index (χ3n) is 5.65. The van der Waals surface area contributed by atoms with Crippen LogP contribution in [0, 0.1) is 5.92 Å². The molecule has 0 unspecified atom stereocenters. The molecule has 4 rings (SSSR count). The molecule has 1 amide bonds. The maximum atomic E-state index is 12.5. The van der Waals surface area contributed by atoms with Gasteiger partial charge in [0.15, 0.2) is 11.5 Å². The lowest BCUT2D eigenvalue weighted by Crippen LogP contribution is -2.33. The summed E-state index contributed by atoms with van der Waals surface area (Å²) in [5.41, 5.74) is 1.61. The third-order valence-corrected chi connectivity index (χ3v) is 5.65. The number of esters is 1. The molecule has 2 aromatic heterocycles. The molecule has 1 N–H and O–H groups in total. The molecular weight excluding hydrogens is 408 g/mol. The van der Waals surface area contributed by atoms with Gasteiger partial charge in [0, 0.05) is 31.6 Å². The van der Waals surface area contributed by atoms with Crippen molar-refractivity contribution < 1.29 is 14.3 Å². The van der Waals surface area contributed by atoms with Gasteiger partial charge in [-0.3, -0.25) is 4.79 Å². The standard InChI is InChI=1S/C23H28N6O3/c1-3-32-23(31)17-5-4-6-18(15-17)24-22(30)10-9-20-26-25-19-7-8-21(27-29(19)20)28-13-11-16(2)12-14-28/h4-8,15-16H,3,9-14H2,1-2H3,(H,24,30). The zero-order valence-electron chi connectivity index (χ0n) is 18.5. The fourth-order valence-corrected chi connectivity index (χ4v) is 3.77. The molecule has 3 heterocycles. The van der Waals surface area contributed by atoms with Crippen molar-refractivity contribution in [2.24, 2.45) is 5.92 Å². The zero-order valence-corrected chi connectivity index (χ0v) is 18.5. The number of piperidine rings is 1. The number of rotatable bonds is 7. The summed E-state index contributed by atoms with van der Waals surface area (Å²) in [6.07, 6.45) is 2.94. The number of aromatic nitrogens is 4. The second-order valence-electron chi connectivity index (χ2n) is 8.10. The van der Waals surface area contributed by atoms with Gasteiger partial charge in [-0.15, -0.1) is 15.3 Å². The van der Waals surface area contributed by atoms with Crippen molar-refractivity contribution in [1.29, 1.82) is 0 Å². The molecule has 32 heavy (non-hydrogen) atoms. The number of anilines is 2. The number of carbonyl (C=O) groups excluding carboxylic acids is 2. The highest BCUT2D eigenvalue weighted by Gasteiger charge is 2.18. The summed E-state index contributed by atoms with van der Waals surface area (Å²) in [5.74, 6) is 1.71. The minimum absolute atomic E-state index is 0.177. The lowest BCUT2D eigenvalue weighted by atomic mass is 9.99. The Labute approximate surface area is 186 Å². The van der Waals surface area contributed by atoms with Crippen molar-refractivity contribution >= 4 is 29.0 Å². The van der Waals surface area contributed by atoms with E-state index in [1.807, 2.05) is 12.1 Å². The molecule has 9 heteroatoms. The van der Waals surface area contributed by atoms with Gasteiger partial charge in [-0.2, -0.15) is 4.52 Å². The normalized spacial score (nSPS) is 14.5. The summed E-state index contributed by atoms with van der Waals surface area (Å²) in [7, 11) is 0. The first-order chi connectivity index (χ1) is 15.5. The number of nitrogens with zero attached hydrogens (tertiary/aromatic N) is 5. The number of benzene rings is 1. The predicted octanol–water partition coefficient (Wildman–Crippen LogP) is 3.11. The molecule has 0 radical (unpaired) electrons. The van der Waals surface area contributed by atoms with E-state index in [-0.39, 0.29) is 12.3 Å². The van der Waals surface area contributed by atoms with E-state index in [0.717, 1.165) is 37.7 Å². The molecule has 1 fully saturated rings. The molecule has 0 bridgehead atoms. The second-order valence-corrected chi connectivity index (χ2v) is 8.10. The van der Waals surface area contributed by atoms with Gasteiger partial charge in [-0.1, -0.05) is 13.0 Å². The van der Waals surface area contributed by atoms with Gasteiger partial charge in [0.1, 0.15) is 5.82 Å². The van der Waals surface area contributed by atoms with E-state index in [4.69, 9.17) is 9.84 Å². The van der Waals surface area contributed by atoms with Gasteiger partial charge < -0.3 is 15.0 Å². The van der Waals surface area contributed by atoms with Crippen LogP contribution < -0.4 is 10.2 Å². The molecule has 1 aliphatic heterocycles. The Hall–Kier alpha value is -3.49. The highest BCUT2D eigenvalue weighted by Crippen LogP contribution is 2.21. The first-order valence-electron chi connectivity index (χ1n) is 11.1. The number of amides is 1. The summed E-state index contributed by atoms with van der Waals surface area (Å²) in [5, 5.41) is 16.0. The van der Waals surface area contributed by atoms with Crippen LogP contribution in [0.15, 0.2) is 36.4 Å². The largest absolute Gasteiger partial charge is 0.462 e. The monoisotopic (exact) mass is 436 g/mol. The molecule has 1 aliphatic rings. The highest BCUT2D eigenvalue weighted by atomic mass is 16.5. The molecule has 9 nitrogen and oxygen atoms in total. The van der Waals surface area contributed by atoms with Crippen molar-refractivity contribution in [3.8, 4) is 0 Å². The zero-order chi connectivity index (χ0) is 22.5. The van der Waals surface area contributed by atoms with Crippen LogP contribution >= 0.6 is 0 Å². The Morgan fingerprint density at radius 1 is 1.16 bits per heavy atom. The van der Waals surface area contributed by atoms with Crippen LogP contribution in [0.2, 0.25) is 0 Å². The predicted molar refractivity (Wildman–Crippen MR) is 121 cm³/mol. The first kappa shape index (κ1) is 21.7. The van der Waals surface area contributed by atoms with Crippen molar-refractivity contribution in [3.05, 3.63) is 47.8 Å². The molecule has 168 valence electrons. The quantitative estimate of drug-likeness (QED) is 0.568. The summed E-state index contributed by atoms with van der Waals surface area (Å²) in [6.45, 7) is 6.32. The van der Waals surface area contributed by atoms with Crippen molar-refractivity contribution in [3.63, 3.8) is 0 Å². The number of hydrogen-bond acceptors (Lipinski definition) is 7. The molecular formula is C23H28N6O3.